The Morgan fingerprint density at radius 1 is 1.08 bits per heavy atom. The number of ether oxygens (including phenoxy) is 1. The van der Waals surface area contributed by atoms with Crippen molar-refractivity contribution in [3.8, 4) is 11.4 Å². The Labute approximate surface area is 144 Å². The molecule has 6 heteroatoms. The predicted octanol–water partition coefficient (Wildman–Crippen LogP) is 3.72. The van der Waals surface area contributed by atoms with E-state index < -0.39 is 5.97 Å². The molecule has 0 N–H and O–H groups in total. The first kappa shape index (κ1) is 16.8. The molecule has 0 fully saturated rings. The molecule has 0 aliphatic heterocycles. The van der Waals surface area contributed by atoms with E-state index in [0.29, 0.717) is 11.4 Å². The summed E-state index contributed by atoms with van der Waals surface area (Å²) < 4.78 is 23.1. The number of rotatable bonds is 6. The average Bonchev–Trinajstić information content (AvgIpc) is 3.11. The molecule has 2 aromatic carbocycles. The maximum absolute atomic E-state index is 12.8. The van der Waals surface area contributed by atoms with Crippen molar-refractivity contribution >= 4 is 5.97 Å². The molecule has 0 aliphatic carbocycles. The Morgan fingerprint density at radius 2 is 1.76 bits per heavy atom. The molecule has 0 bridgehead atoms. The number of hydrogen-bond acceptors (Lipinski definition) is 5. The second-order valence-electron chi connectivity index (χ2n) is 5.53. The number of carbonyl (C=O) groups excluding carboxylic acids is 1. The molecule has 5 nitrogen and oxygen atoms in total. The second kappa shape index (κ2) is 7.70. The standard InChI is InChI=1S/C19H17FN2O3/c1-2-13-3-7-15(8-4-13)19-21-17(25-22-19)12-24-18(23)11-14-5-9-16(20)10-6-14/h3-10H,2,11-12H2,1H3. The molecule has 0 saturated heterocycles. The van der Waals surface area contributed by atoms with Gasteiger partial charge in [0, 0.05) is 5.56 Å². The highest BCUT2D eigenvalue weighted by Crippen LogP contribution is 2.17. The lowest BCUT2D eigenvalue weighted by molar-refractivity contribution is -0.144. The summed E-state index contributed by atoms with van der Waals surface area (Å²) in [6, 6.07) is 13.6. The lowest BCUT2D eigenvalue weighted by Gasteiger charge is -2.02. The SMILES string of the molecule is CCc1ccc(-c2noc(COC(=O)Cc3ccc(F)cc3)n2)cc1. The minimum absolute atomic E-state index is 0.0553. The van der Waals surface area contributed by atoms with E-state index >= 15 is 0 Å². The van der Waals surface area contributed by atoms with Gasteiger partial charge in [-0.25, -0.2) is 4.39 Å². The van der Waals surface area contributed by atoms with E-state index in [1.165, 1.54) is 17.7 Å². The van der Waals surface area contributed by atoms with Gasteiger partial charge in [-0.05, 0) is 29.7 Å². The van der Waals surface area contributed by atoms with Gasteiger partial charge in [-0.2, -0.15) is 4.98 Å². The predicted molar refractivity (Wildman–Crippen MR) is 89.0 cm³/mol. The monoisotopic (exact) mass is 340 g/mol. The quantitative estimate of drug-likeness (QED) is 0.640. The molecule has 25 heavy (non-hydrogen) atoms. The Morgan fingerprint density at radius 3 is 2.44 bits per heavy atom. The number of esters is 1. The number of aromatic nitrogens is 2. The van der Waals surface area contributed by atoms with Crippen molar-refractivity contribution in [1.82, 2.24) is 10.1 Å². The zero-order valence-electron chi connectivity index (χ0n) is 13.7. The molecule has 0 aliphatic rings. The first-order chi connectivity index (χ1) is 12.1. The summed E-state index contributed by atoms with van der Waals surface area (Å²) in [5.74, 6) is -0.115. The van der Waals surface area contributed by atoms with Crippen LogP contribution in [0.1, 0.15) is 23.9 Å². The van der Waals surface area contributed by atoms with Crippen LogP contribution < -0.4 is 0 Å². The van der Waals surface area contributed by atoms with Gasteiger partial charge in [0.05, 0.1) is 6.42 Å². The Balaban J connectivity index is 1.55. The van der Waals surface area contributed by atoms with Crippen LogP contribution in [-0.2, 0) is 29.0 Å². The van der Waals surface area contributed by atoms with E-state index in [1.54, 1.807) is 12.1 Å². The zero-order valence-corrected chi connectivity index (χ0v) is 13.7. The van der Waals surface area contributed by atoms with Gasteiger partial charge in [-0.1, -0.05) is 48.5 Å². The number of halogens is 1. The van der Waals surface area contributed by atoms with E-state index in [4.69, 9.17) is 9.26 Å². The number of hydrogen-bond donors (Lipinski definition) is 0. The fourth-order valence-corrected chi connectivity index (χ4v) is 2.28. The van der Waals surface area contributed by atoms with Crippen LogP contribution in [0.3, 0.4) is 0 Å². The molecule has 0 spiro atoms. The minimum atomic E-state index is -0.446. The highest BCUT2D eigenvalue weighted by molar-refractivity contribution is 5.72. The van der Waals surface area contributed by atoms with Crippen molar-refractivity contribution in [3.63, 3.8) is 0 Å². The fourth-order valence-electron chi connectivity index (χ4n) is 2.28. The van der Waals surface area contributed by atoms with Crippen molar-refractivity contribution in [2.24, 2.45) is 0 Å². The van der Waals surface area contributed by atoms with Gasteiger partial charge < -0.3 is 9.26 Å². The number of aryl methyl sites for hydroxylation is 1. The lowest BCUT2D eigenvalue weighted by Crippen LogP contribution is -2.08. The van der Waals surface area contributed by atoms with Gasteiger partial charge in [-0.3, -0.25) is 4.79 Å². The van der Waals surface area contributed by atoms with E-state index in [9.17, 15) is 9.18 Å². The summed E-state index contributed by atoms with van der Waals surface area (Å²) in [6.45, 7) is 1.99. The second-order valence-corrected chi connectivity index (χ2v) is 5.53. The first-order valence-corrected chi connectivity index (χ1v) is 7.96. The third-order valence-electron chi connectivity index (χ3n) is 3.71. The summed E-state index contributed by atoms with van der Waals surface area (Å²) in [5, 5.41) is 3.89. The van der Waals surface area contributed by atoms with Gasteiger partial charge >= 0.3 is 5.97 Å². The highest BCUT2D eigenvalue weighted by Gasteiger charge is 2.11. The summed E-state index contributed by atoms with van der Waals surface area (Å²) in [5.41, 5.74) is 2.74. The molecule has 0 amide bonds. The van der Waals surface area contributed by atoms with E-state index in [0.717, 1.165) is 12.0 Å². The number of benzene rings is 2. The maximum atomic E-state index is 12.8. The van der Waals surface area contributed by atoms with Crippen molar-refractivity contribution in [2.45, 2.75) is 26.4 Å². The van der Waals surface area contributed by atoms with Crippen LogP contribution in [0.4, 0.5) is 4.39 Å². The summed E-state index contributed by atoms with van der Waals surface area (Å²) in [6.07, 6.45) is 1.02. The minimum Gasteiger partial charge on any atom is -0.455 e. The molecular formula is C19H17FN2O3. The van der Waals surface area contributed by atoms with Crippen LogP contribution in [0.25, 0.3) is 11.4 Å². The van der Waals surface area contributed by atoms with Crippen LogP contribution >= 0.6 is 0 Å². The van der Waals surface area contributed by atoms with Gasteiger partial charge in [0.1, 0.15) is 5.82 Å². The Bertz CT molecular complexity index is 842. The van der Waals surface area contributed by atoms with Gasteiger partial charge in [-0.15, -0.1) is 0 Å². The lowest BCUT2D eigenvalue weighted by atomic mass is 10.1. The van der Waals surface area contributed by atoms with Crippen LogP contribution in [0, 0.1) is 5.82 Å². The zero-order chi connectivity index (χ0) is 17.6. The topological polar surface area (TPSA) is 65.2 Å². The smallest absolute Gasteiger partial charge is 0.310 e. The first-order valence-electron chi connectivity index (χ1n) is 7.96. The highest BCUT2D eigenvalue weighted by atomic mass is 19.1. The molecule has 1 heterocycles. The largest absolute Gasteiger partial charge is 0.455 e. The third kappa shape index (κ3) is 4.50. The summed E-state index contributed by atoms with van der Waals surface area (Å²) >= 11 is 0. The maximum Gasteiger partial charge on any atom is 0.310 e. The molecule has 0 saturated carbocycles. The third-order valence-corrected chi connectivity index (χ3v) is 3.71. The molecule has 0 atom stereocenters. The van der Waals surface area contributed by atoms with Crippen LogP contribution in [-0.4, -0.2) is 16.1 Å². The van der Waals surface area contributed by atoms with Gasteiger partial charge in [0.25, 0.3) is 5.89 Å². The Hall–Kier alpha value is -3.02. The summed E-state index contributed by atoms with van der Waals surface area (Å²) in [7, 11) is 0. The van der Waals surface area contributed by atoms with E-state index in [1.807, 2.05) is 24.3 Å². The molecule has 3 aromatic rings. The molecule has 128 valence electrons. The van der Waals surface area contributed by atoms with Crippen molar-refractivity contribution in [1.29, 1.82) is 0 Å². The average molecular weight is 340 g/mol. The molecule has 1 aromatic heterocycles. The molecular weight excluding hydrogens is 323 g/mol. The van der Waals surface area contributed by atoms with Crippen LogP contribution in [0.15, 0.2) is 53.1 Å². The summed E-state index contributed by atoms with van der Waals surface area (Å²) in [4.78, 5) is 16.0. The van der Waals surface area contributed by atoms with Crippen molar-refractivity contribution in [2.75, 3.05) is 0 Å². The molecule has 3 rings (SSSR count). The van der Waals surface area contributed by atoms with Gasteiger partial charge in [0.2, 0.25) is 5.82 Å². The molecule has 0 unspecified atom stereocenters. The van der Waals surface area contributed by atoms with Crippen molar-refractivity contribution in [3.05, 3.63) is 71.4 Å². The van der Waals surface area contributed by atoms with Crippen LogP contribution in [0.5, 0.6) is 0 Å². The number of carbonyl (C=O) groups is 1. The normalized spacial score (nSPS) is 10.6. The van der Waals surface area contributed by atoms with E-state index in [2.05, 4.69) is 17.1 Å². The Kier molecular flexibility index (Phi) is 5.18. The van der Waals surface area contributed by atoms with Gasteiger partial charge in [0.15, 0.2) is 6.61 Å². The van der Waals surface area contributed by atoms with Crippen molar-refractivity contribution < 1.29 is 18.4 Å². The number of nitrogens with zero attached hydrogens (tertiary/aromatic N) is 2. The molecule has 0 radical (unpaired) electrons. The van der Waals surface area contributed by atoms with E-state index in [-0.39, 0.29) is 24.7 Å². The van der Waals surface area contributed by atoms with Crippen LogP contribution in [0.2, 0.25) is 0 Å². The fraction of sp³-hybridized carbons (Fsp3) is 0.211.